The summed E-state index contributed by atoms with van der Waals surface area (Å²) < 4.78 is 22.2. The Labute approximate surface area is 223 Å². The van der Waals surface area contributed by atoms with E-state index >= 15 is 0 Å². The number of carbonyl (C=O) groups excluding carboxylic acids is 1. The summed E-state index contributed by atoms with van der Waals surface area (Å²) in [5, 5.41) is 6.58. The van der Waals surface area contributed by atoms with Crippen LogP contribution in [-0.2, 0) is 4.74 Å². The molecule has 1 unspecified atom stereocenters. The van der Waals surface area contributed by atoms with Crippen LogP contribution in [-0.4, -0.2) is 59.9 Å². The van der Waals surface area contributed by atoms with Crippen LogP contribution in [0.5, 0.6) is 23.1 Å². The number of hydrogen-bond donors (Lipinski definition) is 2. The van der Waals surface area contributed by atoms with Gasteiger partial charge in [-0.2, -0.15) is 4.98 Å². The standard InChI is InChI=1S/C28H35N5O5/c1-28(2,3)38-27(34)33-16-6-7-20(33)17-29-24-18-30-26(31-19-8-10-21(35-4)11-9-19)32-25(24)37-23-14-12-22(36-5)13-15-23/h8-15,18,20,29H,6-7,16-17H2,1-5H3,(H,30,31,32). The molecule has 0 radical (unpaired) electrons. The number of anilines is 3. The van der Waals surface area contributed by atoms with Crippen molar-refractivity contribution in [3.63, 3.8) is 0 Å². The van der Waals surface area contributed by atoms with Crippen LogP contribution in [0.2, 0.25) is 0 Å². The van der Waals surface area contributed by atoms with Crippen molar-refractivity contribution in [3.05, 3.63) is 54.7 Å². The van der Waals surface area contributed by atoms with Crippen molar-refractivity contribution >= 4 is 23.4 Å². The predicted octanol–water partition coefficient (Wildman–Crippen LogP) is 5.84. The first kappa shape index (κ1) is 26.8. The average molecular weight is 522 g/mol. The summed E-state index contributed by atoms with van der Waals surface area (Å²) in [6.45, 7) is 6.78. The van der Waals surface area contributed by atoms with E-state index in [9.17, 15) is 4.79 Å². The van der Waals surface area contributed by atoms with Crippen LogP contribution in [0.1, 0.15) is 33.6 Å². The molecule has 1 atom stereocenters. The molecule has 38 heavy (non-hydrogen) atoms. The normalized spacial score (nSPS) is 15.1. The number of likely N-dealkylation sites (tertiary alicyclic amines) is 1. The third-order valence-corrected chi connectivity index (χ3v) is 5.91. The number of nitrogens with zero attached hydrogens (tertiary/aromatic N) is 3. The molecule has 1 aliphatic rings. The van der Waals surface area contributed by atoms with Crippen molar-refractivity contribution in [1.82, 2.24) is 14.9 Å². The highest BCUT2D eigenvalue weighted by Gasteiger charge is 2.32. The van der Waals surface area contributed by atoms with Gasteiger partial charge in [0.1, 0.15) is 28.5 Å². The molecule has 1 amide bonds. The number of ether oxygens (including phenoxy) is 4. The Balaban J connectivity index is 1.52. The number of aromatic nitrogens is 2. The van der Waals surface area contributed by atoms with Crippen molar-refractivity contribution in [1.29, 1.82) is 0 Å². The lowest BCUT2D eigenvalue weighted by Gasteiger charge is -2.29. The van der Waals surface area contributed by atoms with Crippen LogP contribution in [0, 0.1) is 0 Å². The molecular formula is C28H35N5O5. The minimum absolute atomic E-state index is 0.0178. The van der Waals surface area contributed by atoms with Crippen LogP contribution < -0.4 is 24.8 Å². The zero-order valence-electron chi connectivity index (χ0n) is 22.5. The summed E-state index contributed by atoms with van der Waals surface area (Å²) >= 11 is 0. The Morgan fingerprint density at radius 2 is 1.63 bits per heavy atom. The van der Waals surface area contributed by atoms with E-state index < -0.39 is 5.60 Å². The molecule has 0 spiro atoms. The monoisotopic (exact) mass is 521 g/mol. The Morgan fingerprint density at radius 1 is 1.00 bits per heavy atom. The number of rotatable bonds is 9. The molecule has 10 heteroatoms. The minimum atomic E-state index is -0.544. The van der Waals surface area contributed by atoms with E-state index in [-0.39, 0.29) is 12.1 Å². The van der Waals surface area contributed by atoms with Crippen molar-refractivity contribution in [2.45, 2.75) is 45.3 Å². The highest BCUT2D eigenvalue weighted by atomic mass is 16.6. The van der Waals surface area contributed by atoms with Gasteiger partial charge >= 0.3 is 6.09 Å². The molecule has 0 saturated carbocycles. The summed E-state index contributed by atoms with van der Waals surface area (Å²) in [6.07, 6.45) is 3.16. The molecule has 1 aromatic heterocycles. The summed E-state index contributed by atoms with van der Waals surface area (Å²) in [7, 11) is 3.24. The first-order valence-corrected chi connectivity index (χ1v) is 12.6. The summed E-state index contributed by atoms with van der Waals surface area (Å²) in [4.78, 5) is 23.6. The van der Waals surface area contributed by atoms with Gasteiger partial charge in [-0.05, 0) is 82.1 Å². The molecule has 2 aromatic carbocycles. The second-order valence-electron chi connectivity index (χ2n) is 9.89. The maximum Gasteiger partial charge on any atom is 0.410 e. The van der Waals surface area contributed by atoms with Crippen LogP contribution in [0.25, 0.3) is 0 Å². The van der Waals surface area contributed by atoms with Crippen LogP contribution in [0.3, 0.4) is 0 Å². The van der Waals surface area contributed by atoms with Gasteiger partial charge in [-0.1, -0.05) is 0 Å². The zero-order chi connectivity index (χ0) is 27.1. The number of carbonyl (C=O) groups is 1. The lowest BCUT2D eigenvalue weighted by Crippen LogP contribution is -2.42. The van der Waals surface area contributed by atoms with Crippen molar-refractivity contribution in [2.75, 3.05) is 37.9 Å². The van der Waals surface area contributed by atoms with Gasteiger partial charge in [0.05, 0.1) is 26.5 Å². The van der Waals surface area contributed by atoms with Gasteiger partial charge in [0.15, 0.2) is 0 Å². The summed E-state index contributed by atoms with van der Waals surface area (Å²) in [5.41, 5.74) is 0.871. The first-order chi connectivity index (χ1) is 18.2. The zero-order valence-corrected chi connectivity index (χ0v) is 22.5. The second kappa shape index (κ2) is 11.9. The third-order valence-electron chi connectivity index (χ3n) is 5.91. The van der Waals surface area contributed by atoms with Gasteiger partial charge in [-0.15, -0.1) is 0 Å². The van der Waals surface area contributed by atoms with Crippen LogP contribution in [0.4, 0.5) is 22.1 Å². The smallest absolute Gasteiger partial charge is 0.410 e. The average Bonchev–Trinajstić information content (AvgIpc) is 3.37. The van der Waals surface area contributed by atoms with E-state index in [0.717, 1.165) is 30.0 Å². The third kappa shape index (κ3) is 7.18. The number of amides is 1. The van der Waals surface area contributed by atoms with Crippen molar-refractivity contribution in [2.24, 2.45) is 0 Å². The lowest BCUT2D eigenvalue weighted by atomic mass is 10.2. The molecule has 3 aromatic rings. The highest BCUT2D eigenvalue weighted by molar-refractivity contribution is 5.69. The topological polar surface area (TPSA) is 107 Å². The number of hydrogen-bond acceptors (Lipinski definition) is 9. The predicted molar refractivity (Wildman–Crippen MR) is 146 cm³/mol. The van der Waals surface area contributed by atoms with E-state index in [1.807, 2.05) is 69.3 Å². The van der Waals surface area contributed by atoms with Gasteiger partial charge in [0.25, 0.3) is 0 Å². The largest absolute Gasteiger partial charge is 0.497 e. The molecule has 1 fully saturated rings. The van der Waals surface area contributed by atoms with E-state index in [1.54, 1.807) is 25.3 Å². The fourth-order valence-corrected chi connectivity index (χ4v) is 4.02. The highest BCUT2D eigenvalue weighted by Crippen LogP contribution is 2.31. The second-order valence-corrected chi connectivity index (χ2v) is 9.89. The Bertz CT molecular complexity index is 1210. The maximum atomic E-state index is 12.7. The fraction of sp³-hybridized carbons (Fsp3) is 0.393. The molecule has 0 bridgehead atoms. The first-order valence-electron chi connectivity index (χ1n) is 12.6. The molecule has 1 saturated heterocycles. The van der Waals surface area contributed by atoms with Gasteiger partial charge in [-0.3, -0.25) is 0 Å². The van der Waals surface area contributed by atoms with E-state index in [1.165, 1.54) is 0 Å². The summed E-state index contributed by atoms with van der Waals surface area (Å²) in [6, 6.07) is 14.7. The lowest BCUT2D eigenvalue weighted by molar-refractivity contribution is 0.0235. The molecule has 1 aliphatic heterocycles. The van der Waals surface area contributed by atoms with Crippen LogP contribution in [0.15, 0.2) is 54.7 Å². The Kier molecular flexibility index (Phi) is 8.40. The maximum absolute atomic E-state index is 12.7. The Hall–Kier alpha value is -4.21. The van der Waals surface area contributed by atoms with Gasteiger partial charge in [-0.25, -0.2) is 9.78 Å². The molecule has 10 nitrogen and oxygen atoms in total. The van der Waals surface area contributed by atoms with Crippen molar-refractivity contribution in [3.8, 4) is 23.1 Å². The SMILES string of the molecule is COc1ccc(Nc2ncc(NCC3CCCN3C(=O)OC(C)(C)C)c(Oc3ccc(OC)cc3)n2)cc1. The van der Waals surface area contributed by atoms with Gasteiger partial charge in [0.2, 0.25) is 11.8 Å². The molecule has 2 N–H and O–H groups in total. The molecular weight excluding hydrogens is 486 g/mol. The minimum Gasteiger partial charge on any atom is -0.497 e. The number of methoxy groups -OCH3 is 2. The molecule has 2 heterocycles. The van der Waals surface area contributed by atoms with E-state index in [4.69, 9.17) is 18.9 Å². The quantitative estimate of drug-likeness (QED) is 0.359. The number of benzene rings is 2. The molecule has 0 aliphatic carbocycles. The van der Waals surface area contributed by atoms with Crippen LogP contribution >= 0.6 is 0 Å². The molecule has 4 rings (SSSR count). The summed E-state index contributed by atoms with van der Waals surface area (Å²) in [5.74, 6) is 2.80. The van der Waals surface area contributed by atoms with E-state index in [2.05, 4.69) is 20.6 Å². The van der Waals surface area contributed by atoms with Crippen molar-refractivity contribution < 1.29 is 23.7 Å². The van der Waals surface area contributed by atoms with Gasteiger partial charge in [0, 0.05) is 18.8 Å². The number of nitrogens with one attached hydrogen (secondary N) is 2. The van der Waals surface area contributed by atoms with E-state index in [0.29, 0.717) is 36.4 Å². The van der Waals surface area contributed by atoms with Gasteiger partial charge < -0.3 is 34.5 Å². The Morgan fingerprint density at radius 3 is 2.26 bits per heavy atom. The molecule has 202 valence electrons. The fourth-order valence-electron chi connectivity index (χ4n) is 4.02.